The van der Waals surface area contributed by atoms with Gasteiger partial charge < -0.3 is 10.2 Å². The number of anilines is 1. The summed E-state index contributed by atoms with van der Waals surface area (Å²) in [6, 6.07) is 2.15. The molecule has 0 atom stereocenters. The Morgan fingerprint density at radius 1 is 1.17 bits per heavy atom. The monoisotopic (exact) mass is 318 g/mol. The van der Waals surface area contributed by atoms with Crippen LogP contribution in [0.2, 0.25) is 0 Å². The maximum Gasteiger partial charge on any atom is 0.270 e. The number of rotatable bonds is 7. The number of carbonyl (C=O) groups excluding carboxylic acids is 1. The second kappa shape index (κ2) is 8.85. The maximum atomic E-state index is 12.5. The third-order valence-corrected chi connectivity index (χ3v) is 4.31. The smallest absolute Gasteiger partial charge is 0.270 e. The molecule has 5 nitrogen and oxygen atoms in total. The molecule has 0 aromatic carbocycles. The van der Waals surface area contributed by atoms with Crippen molar-refractivity contribution in [2.75, 3.05) is 18.0 Å². The second-order valence-corrected chi connectivity index (χ2v) is 6.45. The van der Waals surface area contributed by atoms with Crippen molar-refractivity contribution in [2.24, 2.45) is 0 Å². The first-order valence-corrected chi connectivity index (χ1v) is 9.05. The van der Waals surface area contributed by atoms with Crippen molar-refractivity contribution in [2.45, 2.75) is 71.8 Å². The van der Waals surface area contributed by atoms with Crippen LogP contribution < -0.4 is 10.2 Å². The Kier molecular flexibility index (Phi) is 6.81. The Morgan fingerprint density at radius 2 is 1.83 bits per heavy atom. The predicted molar refractivity (Wildman–Crippen MR) is 93.9 cm³/mol. The first kappa shape index (κ1) is 17.7. The number of nitrogens with zero attached hydrogens (tertiary/aromatic N) is 3. The maximum absolute atomic E-state index is 12.5. The molecule has 128 valence electrons. The number of nitrogens with one attached hydrogen (secondary N) is 1. The van der Waals surface area contributed by atoms with Crippen LogP contribution >= 0.6 is 0 Å². The first-order chi connectivity index (χ1) is 11.1. The quantitative estimate of drug-likeness (QED) is 0.836. The highest BCUT2D eigenvalue weighted by Gasteiger charge is 2.19. The average molecular weight is 318 g/mol. The van der Waals surface area contributed by atoms with E-state index in [1.807, 2.05) is 13.0 Å². The van der Waals surface area contributed by atoms with Gasteiger partial charge in [0.05, 0.1) is 0 Å². The molecule has 0 unspecified atom stereocenters. The van der Waals surface area contributed by atoms with Gasteiger partial charge in [-0.15, -0.1) is 0 Å². The summed E-state index contributed by atoms with van der Waals surface area (Å²) in [5, 5.41) is 3.14. The molecule has 0 aliphatic heterocycles. The van der Waals surface area contributed by atoms with Crippen molar-refractivity contribution in [3.8, 4) is 0 Å². The third-order valence-electron chi connectivity index (χ3n) is 4.31. The molecule has 2 rings (SSSR count). The fourth-order valence-electron chi connectivity index (χ4n) is 3.22. The molecule has 1 aliphatic carbocycles. The summed E-state index contributed by atoms with van der Waals surface area (Å²) in [6.45, 7) is 8.08. The van der Waals surface area contributed by atoms with Gasteiger partial charge in [0.1, 0.15) is 17.3 Å². The molecule has 1 heterocycles. The van der Waals surface area contributed by atoms with Gasteiger partial charge in [0.2, 0.25) is 0 Å². The summed E-state index contributed by atoms with van der Waals surface area (Å²) in [6.07, 6.45) is 7.99. The zero-order valence-corrected chi connectivity index (χ0v) is 14.8. The van der Waals surface area contributed by atoms with Crippen LogP contribution in [0, 0.1) is 6.92 Å². The van der Waals surface area contributed by atoms with E-state index in [2.05, 4.69) is 34.0 Å². The summed E-state index contributed by atoms with van der Waals surface area (Å²) < 4.78 is 0. The first-order valence-electron chi connectivity index (χ1n) is 9.05. The highest BCUT2D eigenvalue weighted by Crippen LogP contribution is 2.19. The van der Waals surface area contributed by atoms with E-state index in [9.17, 15) is 4.79 Å². The summed E-state index contributed by atoms with van der Waals surface area (Å²) in [7, 11) is 0. The fraction of sp³-hybridized carbons (Fsp3) is 0.722. The van der Waals surface area contributed by atoms with E-state index in [0.29, 0.717) is 17.6 Å². The second-order valence-electron chi connectivity index (χ2n) is 6.45. The standard InChI is InChI=1S/C18H30N4O/c1-4-11-22(12-5-2)17-13-16(19-14(3)20-17)18(23)21-15-9-7-6-8-10-15/h13,15H,4-12H2,1-3H3,(H,21,23). The van der Waals surface area contributed by atoms with E-state index in [4.69, 9.17) is 0 Å². The highest BCUT2D eigenvalue weighted by molar-refractivity contribution is 5.93. The molecular formula is C18H30N4O. The lowest BCUT2D eigenvalue weighted by Gasteiger charge is -2.24. The molecule has 0 bridgehead atoms. The van der Waals surface area contributed by atoms with Crippen molar-refractivity contribution in [1.29, 1.82) is 0 Å². The minimum atomic E-state index is -0.0587. The lowest BCUT2D eigenvalue weighted by Crippen LogP contribution is -2.37. The predicted octanol–water partition coefficient (Wildman–Crippen LogP) is 3.47. The van der Waals surface area contributed by atoms with Crippen molar-refractivity contribution in [3.05, 3.63) is 17.6 Å². The fourth-order valence-corrected chi connectivity index (χ4v) is 3.22. The minimum Gasteiger partial charge on any atom is -0.357 e. The molecule has 0 radical (unpaired) electrons. The number of aryl methyl sites for hydroxylation is 1. The third kappa shape index (κ3) is 5.19. The lowest BCUT2D eigenvalue weighted by atomic mass is 9.95. The zero-order chi connectivity index (χ0) is 16.7. The largest absolute Gasteiger partial charge is 0.357 e. The SMILES string of the molecule is CCCN(CCC)c1cc(C(=O)NC2CCCCC2)nc(C)n1. The lowest BCUT2D eigenvalue weighted by molar-refractivity contribution is 0.0922. The Balaban J connectivity index is 2.12. The van der Waals surface area contributed by atoms with Gasteiger partial charge in [-0.05, 0) is 32.6 Å². The Hall–Kier alpha value is -1.65. The van der Waals surface area contributed by atoms with E-state index < -0.39 is 0 Å². The molecule has 0 saturated heterocycles. The number of amides is 1. The molecule has 1 amide bonds. The molecule has 1 aromatic heterocycles. The molecule has 0 spiro atoms. The minimum absolute atomic E-state index is 0.0587. The molecule has 5 heteroatoms. The Morgan fingerprint density at radius 3 is 2.43 bits per heavy atom. The van der Waals surface area contributed by atoms with Crippen LogP contribution in [0.5, 0.6) is 0 Å². The molecule has 1 saturated carbocycles. The van der Waals surface area contributed by atoms with Gasteiger partial charge in [-0.2, -0.15) is 0 Å². The van der Waals surface area contributed by atoms with Crippen LogP contribution in [-0.2, 0) is 0 Å². The molecule has 1 aromatic rings. The van der Waals surface area contributed by atoms with E-state index in [-0.39, 0.29) is 5.91 Å². The van der Waals surface area contributed by atoms with Gasteiger partial charge in [-0.3, -0.25) is 4.79 Å². The number of hydrogen-bond donors (Lipinski definition) is 1. The van der Waals surface area contributed by atoms with E-state index >= 15 is 0 Å². The molecule has 1 N–H and O–H groups in total. The van der Waals surface area contributed by atoms with Gasteiger partial charge in [-0.1, -0.05) is 33.1 Å². The topological polar surface area (TPSA) is 58.1 Å². The summed E-state index contributed by atoms with van der Waals surface area (Å²) in [5.74, 6) is 1.47. The molecule has 23 heavy (non-hydrogen) atoms. The average Bonchev–Trinajstić information content (AvgIpc) is 2.55. The molecular weight excluding hydrogens is 288 g/mol. The number of hydrogen-bond acceptors (Lipinski definition) is 4. The Bertz CT molecular complexity index is 506. The van der Waals surface area contributed by atoms with Crippen molar-refractivity contribution >= 4 is 11.7 Å². The summed E-state index contributed by atoms with van der Waals surface area (Å²) >= 11 is 0. The molecule has 1 fully saturated rings. The van der Waals surface area contributed by atoms with Crippen molar-refractivity contribution < 1.29 is 4.79 Å². The van der Waals surface area contributed by atoms with E-state index in [0.717, 1.165) is 44.6 Å². The summed E-state index contributed by atoms with van der Waals surface area (Å²) in [4.78, 5) is 23.7. The van der Waals surface area contributed by atoms with Gasteiger partial charge in [0.15, 0.2) is 0 Å². The van der Waals surface area contributed by atoms with Crippen LogP contribution in [0.15, 0.2) is 6.07 Å². The Labute approximate surface area is 139 Å². The van der Waals surface area contributed by atoms with Crippen LogP contribution in [-0.4, -0.2) is 35.0 Å². The van der Waals surface area contributed by atoms with Crippen LogP contribution in [0.1, 0.15) is 75.1 Å². The van der Waals surface area contributed by atoms with Crippen molar-refractivity contribution in [3.63, 3.8) is 0 Å². The molecule has 1 aliphatic rings. The number of aromatic nitrogens is 2. The summed E-state index contributed by atoms with van der Waals surface area (Å²) in [5.41, 5.74) is 0.496. The normalized spacial score (nSPS) is 15.4. The van der Waals surface area contributed by atoms with E-state index in [1.54, 1.807) is 0 Å². The van der Waals surface area contributed by atoms with Crippen LogP contribution in [0.4, 0.5) is 5.82 Å². The van der Waals surface area contributed by atoms with Gasteiger partial charge in [0.25, 0.3) is 5.91 Å². The van der Waals surface area contributed by atoms with Gasteiger partial charge >= 0.3 is 0 Å². The highest BCUT2D eigenvalue weighted by atomic mass is 16.1. The van der Waals surface area contributed by atoms with Crippen molar-refractivity contribution in [1.82, 2.24) is 15.3 Å². The van der Waals surface area contributed by atoms with Gasteiger partial charge in [-0.25, -0.2) is 9.97 Å². The van der Waals surface area contributed by atoms with Gasteiger partial charge in [0, 0.05) is 25.2 Å². The van der Waals surface area contributed by atoms with E-state index in [1.165, 1.54) is 19.3 Å². The van der Waals surface area contributed by atoms with Crippen LogP contribution in [0.3, 0.4) is 0 Å². The van der Waals surface area contributed by atoms with Crippen LogP contribution in [0.25, 0.3) is 0 Å². The zero-order valence-electron chi connectivity index (χ0n) is 14.8. The number of carbonyl (C=O) groups is 1.